The Kier molecular flexibility index (Phi) is 5.75. The molecule has 1 N–H and O–H groups in total. The summed E-state index contributed by atoms with van der Waals surface area (Å²) in [6, 6.07) is 5.41. The first kappa shape index (κ1) is 17.0. The molecule has 0 spiro atoms. The van der Waals surface area contributed by atoms with Gasteiger partial charge in [-0.3, -0.25) is 9.48 Å². The van der Waals surface area contributed by atoms with Crippen LogP contribution in [0.5, 0.6) is 11.5 Å². The SMILES string of the molecule is COc1cc(/C=N/NC(=O)Cn2nccc2C)cc(Br)c1OC. The Bertz CT molecular complexity index is 728. The molecule has 0 aliphatic carbocycles. The number of aryl methyl sites for hydroxylation is 1. The molecule has 2 rings (SSSR count). The number of nitrogens with one attached hydrogen (secondary N) is 1. The quantitative estimate of drug-likeness (QED) is 0.614. The molecule has 0 saturated carbocycles. The Morgan fingerprint density at radius 1 is 1.43 bits per heavy atom. The minimum atomic E-state index is -0.257. The van der Waals surface area contributed by atoms with Crippen LogP contribution in [-0.4, -0.2) is 36.1 Å². The number of rotatable bonds is 6. The maximum Gasteiger partial charge on any atom is 0.261 e. The molecule has 1 amide bonds. The lowest BCUT2D eigenvalue weighted by Crippen LogP contribution is -2.24. The zero-order valence-electron chi connectivity index (χ0n) is 13.0. The number of halogens is 1. The monoisotopic (exact) mass is 380 g/mol. The van der Waals surface area contributed by atoms with E-state index < -0.39 is 0 Å². The van der Waals surface area contributed by atoms with E-state index in [-0.39, 0.29) is 12.5 Å². The Labute approximate surface area is 142 Å². The van der Waals surface area contributed by atoms with Gasteiger partial charge in [-0.05, 0) is 46.6 Å². The predicted octanol–water partition coefficient (Wildman–Crippen LogP) is 2.12. The Morgan fingerprint density at radius 3 is 2.83 bits per heavy atom. The number of carbonyl (C=O) groups is 1. The first-order valence-corrected chi connectivity index (χ1v) is 7.56. The number of ether oxygens (including phenoxy) is 2. The number of amides is 1. The normalized spacial score (nSPS) is 10.8. The summed E-state index contributed by atoms with van der Waals surface area (Å²) in [4.78, 5) is 11.8. The van der Waals surface area contributed by atoms with Crippen molar-refractivity contribution in [1.82, 2.24) is 15.2 Å². The van der Waals surface area contributed by atoms with Gasteiger partial charge in [-0.25, -0.2) is 5.43 Å². The second-order valence-electron chi connectivity index (χ2n) is 4.66. The number of benzene rings is 1. The average Bonchev–Trinajstić information content (AvgIpc) is 2.91. The van der Waals surface area contributed by atoms with E-state index in [4.69, 9.17) is 9.47 Å². The van der Waals surface area contributed by atoms with Crippen LogP contribution in [-0.2, 0) is 11.3 Å². The summed E-state index contributed by atoms with van der Waals surface area (Å²) in [5.41, 5.74) is 4.13. The number of nitrogens with zero attached hydrogens (tertiary/aromatic N) is 3. The Balaban J connectivity index is 2.01. The van der Waals surface area contributed by atoms with Crippen molar-refractivity contribution in [3.8, 4) is 11.5 Å². The second-order valence-corrected chi connectivity index (χ2v) is 5.52. The van der Waals surface area contributed by atoms with Gasteiger partial charge < -0.3 is 9.47 Å². The standard InChI is InChI=1S/C15H17BrN4O3/c1-10-4-5-18-20(10)9-14(21)19-17-8-11-6-12(16)15(23-3)13(7-11)22-2/h4-8H,9H2,1-3H3,(H,19,21)/b17-8+. The minimum Gasteiger partial charge on any atom is -0.493 e. The van der Waals surface area contributed by atoms with E-state index in [0.29, 0.717) is 11.5 Å². The lowest BCUT2D eigenvalue weighted by molar-refractivity contribution is -0.121. The summed E-state index contributed by atoms with van der Waals surface area (Å²) in [5.74, 6) is 0.914. The van der Waals surface area contributed by atoms with Crippen LogP contribution in [0.4, 0.5) is 0 Å². The third kappa shape index (κ3) is 4.32. The highest BCUT2D eigenvalue weighted by atomic mass is 79.9. The maximum atomic E-state index is 11.8. The van der Waals surface area contributed by atoms with Gasteiger partial charge in [0.25, 0.3) is 5.91 Å². The van der Waals surface area contributed by atoms with Crippen LogP contribution < -0.4 is 14.9 Å². The highest BCUT2D eigenvalue weighted by molar-refractivity contribution is 9.10. The second kappa shape index (κ2) is 7.77. The minimum absolute atomic E-state index is 0.117. The van der Waals surface area contributed by atoms with Crippen molar-refractivity contribution >= 4 is 28.1 Å². The van der Waals surface area contributed by atoms with E-state index in [1.807, 2.05) is 19.1 Å². The zero-order valence-corrected chi connectivity index (χ0v) is 14.6. The molecule has 2 aromatic rings. The van der Waals surface area contributed by atoms with Gasteiger partial charge in [0.05, 0.1) is 24.9 Å². The fourth-order valence-corrected chi connectivity index (χ4v) is 2.55. The van der Waals surface area contributed by atoms with Gasteiger partial charge in [0, 0.05) is 11.9 Å². The van der Waals surface area contributed by atoms with Crippen LogP contribution >= 0.6 is 15.9 Å². The van der Waals surface area contributed by atoms with Crippen molar-refractivity contribution in [2.45, 2.75) is 13.5 Å². The highest BCUT2D eigenvalue weighted by Crippen LogP contribution is 2.35. The molecule has 8 heteroatoms. The van der Waals surface area contributed by atoms with Gasteiger partial charge >= 0.3 is 0 Å². The molecule has 0 aliphatic heterocycles. The lowest BCUT2D eigenvalue weighted by atomic mass is 10.2. The molecule has 0 saturated heterocycles. The fraction of sp³-hybridized carbons (Fsp3) is 0.267. The zero-order chi connectivity index (χ0) is 16.8. The van der Waals surface area contributed by atoms with Crippen LogP contribution in [0.1, 0.15) is 11.3 Å². The molecule has 0 fully saturated rings. The summed E-state index contributed by atoms with van der Waals surface area (Å²) in [7, 11) is 3.12. The summed E-state index contributed by atoms with van der Waals surface area (Å²) < 4.78 is 12.8. The molecule has 23 heavy (non-hydrogen) atoms. The lowest BCUT2D eigenvalue weighted by Gasteiger charge is -2.10. The van der Waals surface area contributed by atoms with Crippen molar-refractivity contribution in [2.24, 2.45) is 5.10 Å². The van der Waals surface area contributed by atoms with Crippen LogP contribution in [0, 0.1) is 6.92 Å². The maximum absolute atomic E-state index is 11.8. The van der Waals surface area contributed by atoms with Crippen molar-refractivity contribution in [3.05, 3.63) is 40.1 Å². The first-order chi connectivity index (χ1) is 11.0. The van der Waals surface area contributed by atoms with E-state index in [0.717, 1.165) is 15.7 Å². The summed E-state index contributed by atoms with van der Waals surface area (Å²) >= 11 is 3.40. The van der Waals surface area contributed by atoms with E-state index >= 15 is 0 Å². The molecule has 1 aromatic carbocycles. The van der Waals surface area contributed by atoms with Crippen molar-refractivity contribution in [2.75, 3.05) is 14.2 Å². The molecular weight excluding hydrogens is 364 g/mol. The smallest absolute Gasteiger partial charge is 0.261 e. The average molecular weight is 381 g/mol. The molecule has 0 aliphatic rings. The number of aromatic nitrogens is 2. The van der Waals surface area contributed by atoms with E-state index in [2.05, 4.69) is 31.6 Å². The molecule has 0 radical (unpaired) electrons. The number of hydrogen-bond donors (Lipinski definition) is 1. The molecule has 0 bridgehead atoms. The molecule has 1 aromatic heterocycles. The molecule has 0 unspecified atom stereocenters. The number of hydrazone groups is 1. The Hall–Kier alpha value is -2.35. The first-order valence-electron chi connectivity index (χ1n) is 6.77. The largest absolute Gasteiger partial charge is 0.493 e. The third-order valence-corrected chi connectivity index (χ3v) is 3.67. The van der Waals surface area contributed by atoms with Gasteiger partial charge in [0.2, 0.25) is 0 Å². The van der Waals surface area contributed by atoms with Crippen LogP contribution in [0.2, 0.25) is 0 Å². The van der Waals surface area contributed by atoms with Crippen LogP contribution in [0.25, 0.3) is 0 Å². The molecule has 0 atom stereocenters. The highest BCUT2D eigenvalue weighted by Gasteiger charge is 2.09. The number of hydrogen-bond acceptors (Lipinski definition) is 5. The predicted molar refractivity (Wildman–Crippen MR) is 89.9 cm³/mol. The van der Waals surface area contributed by atoms with Crippen LogP contribution in [0.3, 0.4) is 0 Å². The van der Waals surface area contributed by atoms with Gasteiger partial charge in [-0.1, -0.05) is 0 Å². The molecule has 122 valence electrons. The van der Waals surface area contributed by atoms with Crippen molar-refractivity contribution in [3.63, 3.8) is 0 Å². The van der Waals surface area contributed by atoms with Gasteiger partial charge in [-0.2, -0.15) is 10.2 Å². The number of methoxy groups -OCH3 is 2. The summed E-state index contributed by atoms with van der Waals surface area (Å²) in [5, 5.41) is 7.98. The van der Waals surface area contributed by atoms with Crippen LogP contribution in [0.15, 0.2) is 34.0 Å². The summed E-state index contributed by atoms with van der Waals surface area (Å²) in [6.07, 6.45) is 3.17. The molecule has 1 heterocycles. The summed E-state index contributed by atoms with van der Waals surface area (Å²) in [6.45, 7) is 2.00. The molecular formula is C15H17BrN4O3. The van der Waals surface area contributed by atoms with Gasteiger partial charge in [-0.15, -0.1) is 0 Å². The van der Waals surface area contributed by atoms with E-state index in [1.54, 1.807) is 31.2 Å². The van der Waals surface area contributed by atoms with Crippen molar-refractivity contribution < 1.29 is 14.3 Å². The van der Waals surface area contributed by atoms with Crippen molar-refractivity contribution in [1.29, 1.82) is 0 Å². The topological polar surface area (TPSA) is 77.7 Å². The van der Waals surface area contributed by atoms with Gasteiger partial charge in [0.15, 0.2) is 11.5 Å². The third-order valence-electron chi connectivity index (χ3n) is 3.08. The number of carbonyl (C=O) groups excluding carboxylic acids is 1. The van der Waals surface area contributed by atoms with E-state index in [1.165, 1.54) is 6.21 Å². The molecule has 7 nitrogen and oxygen atoms in total. The van der Waals surface area contributed by atoms with E-state index in [9.17, 15) is 4.79 Å². The fourth-order valence-electron chi connectivity index (χ4n) is 1.93. The Morgan fingerprint density at radius 2 is 2.22 bits per heavy atom. The van der Waals surface area contributed by atoms with Gasteiger partial charge in [0.1, 0.15) is 6.54 Å².